The van der Waals surface area contributed by atoms with Crippen molar-refractivity contribution in [1.29, 1.82) is 0 Å². The molecule has 1 fully saturated rings. The van der Waals surface area contributed by atoms with Crippen LogP contribution >= 0.6 is 0 Å². The number of carboxylic acids is 1. The number of rotatable bonds is 6. The molecule has 1 saturated heterocycles. The number of hydrogen-bond acceptors (Lipinski definition) is 3. The molecular weight excluding hydrogens is 335 g/mol. The Kier molecular flexibility index (Phi) is 5.63. The fourth-order valence-electron chi connectivity index (χ4n) is 3.33. The van der Waals surface area contributed by atoms with Gasteiger partial charge in [0.2, 0.25) is 5.91 Å². The Morgan fingerprint density at radius 2 is 1.69 bits per heavy atom. The van der Waals surface area contributed by atoms with Gasteiger partial charge in [0.25, 0.3) is 0 Å². The predicted molar refractivity (Wildman–Crippen MR) is 94.6 cm³/mol. The highest BCUT2D eigenvalue weighted by molar-refractivity contribution is 5.85. The molecular formula is C20H21FN2O3. The molecule has 1 aliphatic heterocycles. The molecule has 136 valence electrons. The molecule has 2 atom stereocenters. The minimum absolute atomic E-state index is 0.0486. The van der Waals surface area contributed by atoms with Crippen molar-refractivity contribution < 1.29 is 19.1 Å². The Morgan fingerprint density at radius 3 is 2.38 bits per heavy atom. The van der Waals surface area contributed by atoms with E-state index < -0.39 is 17.8 Å². The molecule has 2 aromatic rings. The van der Waals surface area contributed by atoms with Gasteiger partial charge in [-0.05, 0) is 11.6 Å². The number of carbonyl (C=O) groups is 2. The van der Waals surface area contributed by atoms with E-state index >= 15 is 0 Å². The molecule has 2 aromatic carbocycles. The second kappa shape index (κ2) is 8.10. The highest BCUT2D eigenvalue weighted by atomic mass is 19.1. The average Bonchev–Trinajstić information content (AvgIpc) is 3.06. The van der Waals surface area contributed by atoms with Gasteiger partial charge in [0.1, 0.15) is 5.82 Å². The summed E-state index contributed by atoms with van der Waals surface area (Å²) in [6.07, 6.45) is 0. The molecule has 2 N–H and O–H groups in total. The number of nitrogens with zero attached hydrogens (tertiary/aromatic N) is 1. The minimum Gasteiger partial charge on any atom is -0.481 e. The summed E-state index contributed by atoms with van der Waals surface area (Å²) in [5.41, 5.74) is 1.45. The van der Waals surface area contributed by atoms with Crippen molar-refractivity contribution in [2.45, 2.75) is 13.1 Å². The average molecular weight is 356 g/mol. The Balaban J connectivity index is 1.63. The van der Waals surface area contributed by atoms with Gasteiger partial charge in [0, 0.05) is 31.7 Å². The lowest BCUT2D eigenvalue weighted by atomic mass is 9.95. The predicted octanol–water partition coefficient (Wildman–Crippen LogP) is 2.27. The van der Waals surface area contributed by atoms with E-state index in [1.165, 1.54) is 6.07 Å². The monoisotopic (exact) mass is 356 g/mol. The maximum absolute atomic E-state index is 13.7. The lowest BCUT2D eigenvalue weighted by Crippen LogP contribution is -2.37. The van der Waals surface area contributed by atoms with E-state index in [1.807, 2.05) is 35.2 Å². The first-order valence-corrected chi connectivity index (χ1v) is 8.55. The zero-order valence-corrected chi connectivity index (χ0v) is 14.3. The van der Waals surface area contributed by atoms with Crippen LogP contribution in [0.4, 0.5) is 4.39 Å². The van der Waals surface area contributed by atoms with Gasteiger partial charge in [-0.15, -0.1) is 0 Å². The quantitative estimate of drug-likeness (QED) is 0.833. The Bertz CT molecular complexity index is 782. The number of aliphatic carboxylic acids is 1. The van der Waals surface area contributed by atoms with Gasteiger partial charge in [-0.1, -0.05) is 48.5 Å². The van der Waals surface area contributed by atoms with Crippen LogP contribution in [0.15, 0.2) is 54.6 Å². The van der Waals surface area contributed by atoms with Crippen molar-refractivity contribution in [1.82, 2.24) is 10.2 Å². The van der Waals surface area contributed by atoms with Crippen LogP contribution in [0.1, 0.15) is 11.1 Å². The van der Waals surface area contributed by atoms with Gasteiger partial charge < -0.3 is 10.4 Å². The van der Waals surface area contributed by atoms with E-state index in [9.17, 15) is 19.1 Å². The second-order valence-electron chi connectivity index (χ2n) is 6.54. The summed E-state index contributed by atoms with van der Waals surface area (Å²) in [7, 11) is 0. The molecule has 0 aromatic heterocycles. The third-order valence-corrected chi connectivity index (χ3v) is 4.71. The number of benzene rings is 2. The molecule has 0 bridgehead atoms. The van der Waals surface area contributed by atoms with Crippen LogP contribution < -0.4 is 5.32 Å². The van der Waals surface area contributed by atoms with E-state index in [2.05, 4.69) is 5.32 Å². The molecule has 6 heteroatoms. The number of nitrogens with one attached hydrogen (secondary N) is 1. The highest BCUT2D eigenvalue weighted by Gasteiger charge is 2.41. The number of hydrogen-bond donors (Lipinski definition) is 2. The van der Waals surface area contributed by atoms with Gasteiger partial charge in [-0.3, -0.25) is 14.5 Å². The number of likely N-dealkylation sites (tertiary alicyclic amines) is 1. The number of amides is 1. The molecule has 1 amide bonds. The van der Waals surface area contributed by atoms with Crippen LogP contribution in [-0.2, 0) is 22.7 Å². The normalized spacial score (nSPS) is 20.0. The van der Waals surface area contributed by atoms with E-state index in [1.54, 1.807) is 18.2 Å². The van der Waals surface area contributed by atoms with Crippen molar-refractivity contribution in [2.24, 2.45) is 11.8 Å². The highest BCUT2D eigenvalue weighted by Crippen LogP contribution is 2.25. The van der Waals surface area contributed by atoms with Crippen molar-refractivity contribution >= 4 is 11.9 Å². The van der Waals surface area contributed by atoms with Crippen LogP contribution in [0.2, 0.25) is 0 Å². The summed E-state index contributed by atoms with van der Waals surface area (Å²) in [6, 6.07) is 15.9. The number of carboxylic acid groups (broad SMARTS) is 1. The van der Waals surface area contributed by atoms with Crippen LogP contribution in [0, 0.1) is 17.7 Å². The molecule has 26 heavy (non-hydrogen) atoms. The molecule has 0 saturated carbocycles. The van der Waals surface area contributed by atoms with Crippen LogP contribution in [0.25, 0.3) is 0 Å². The van der Waals surface area contributed by atoms with Gasteiger partial charge in [0.15, 0.2) is 0 Å². The summed E-state index contributed by atoms with van der Waals surface area (Å²) in [5.74, 6) is -3.13. The lowest BCUT2D eigenvalue weighted by molar-refractivity contribution is -0.145. The van der Waals surface area contributed by atoms with E-state index in [0.717, 1.165) is 5.56 Å². The maximum Gasteiger partial charge on any atom is 0.308 e. The van der Waals surface area contributed by atoms with Gasteiger partial charge in [-0.2, -0.15) is 0 Å². The summed E-state index contributed by atoms with van der Waals surface area (Å²) < 4.78 is 13.7. The molecule has 1 aliphatic rings. The fraction of sp³-hybridized carbons (Fsp3) is 0.300. The molecule has 0 unspecified atom stereocenters. The van der Waals surface area contributed by atoms with E-state index in [0.29, 0.717) is 25.2 Å². The molecule has 0 spiro atoms. The summed E-state index contributed by atoms with van der Waals surface area (Å²) >= 11 is 0. The van der Waals surface area contributed by atoms with Crippen LogP contribution in [0.5, 0.6) is 0 Å². The summed E-state index contributed by atoms with van der Waals surface area (Å²) in [4.78, 5) is 26.1. The van der Waals surface area contributed by atoms with Crippen LogP contribution in [-0.4, -0.2) is 35.0 Å². The topological polar surface area (TPSA) is 69.6 Å². The van der Waals surface area contributed by atoms with E-state index in [4.69, 9.17) is 0 Å². The zero-order chi connectivity index (χ0) is 18.5. The van der Waals surface area contributed by atoms with Gasteiger partial charge in [0.05, 0.1) is 11.8 Å². The Labute approximate surface area is 151 Å². The number of carbonyl (C=O) groups excluding carboxylic acids is 1. The molecule has 5 nitrogen and oxygen atoms in total. The zero-order valence-electron chi connectivity index (χ0n) is 14.3. The first kappa shape index (κ1) is 18.1. The minimum atomic E-state index is -0.980. The third kappa shape index (κ3) is 4.26. The Hall–Kier alpha value is -2.73. The summed E-state index contributed by atoms with van der Waals surface area (Å²) in [5, 5.41) is 12.2. The Morgan fingerprint density at radius 1 is 1.04 bits per heavy atom. The van der Waals surface area contributed by atoms with Crippen molar-refractivity contribution in [3.8, 4) is 0 Å². The first-order valence-electron chi connectivity index (χ1n) is 8.55. The van der Waals surface area contributed by atoms with Crippen LogP contribution in [0.3, 0.4) is 0 Å². The maximum atomic E-state index is 13.7. The van der Waals surface area contributed by atoms with E-state index in [-0.39, 0.29) is 18.3 Å². The molecule has 1 heterocycles. The van der Waals surface area contributed by atoms with Crippen molar-refractivity contribution in [3.63, 3.8) is 0 Å². The van der Waals surface area contributed by atoms with Crippen molar-refractivity contribution in [3.05, 3.63) is 71.5 Å². The third-order valence-electron chi connectivity index (χ3n) is 4.71. The van der Waals surface area contributed by atoms with Crippen molar-refractivity contribution in [2.75, 3.05) is 13.1 Å². The summed E-state index contributed by atoms with van der Waals surface area (Å²) in [6.45, 7) is 1.34. The number of halogens is 1. The standard InChI is InChI=1S/C20H21FN2O3/c21-18-9-5-4-8-15(18)10-22-19(24)16-12-23(13-17(16)20(25)26)11-14-6-2-1-3-7-14/h1-9,16-17H,10-13H2,(H,22,24)(H,25,26)/t16-,17+/m0/s1. The fourth-order valence-corrected chi connectivity index (χ4v) is 3.33. The molecule has 3 rings (SSSR count). The molecule has 0 aliphatic carbocycles. The smallest absolute Gasteiger partial charge is 0.308 e. The second-order valence-corrected chi connectivity index (χ2v) is 6.54. The SMILES string of the molecule is O=C(NCc1ccccc1F)[C@H]1CN(Cc2ccccc2)C[C@H]1C(=O)O. The van der Waals surface area contributed by atoms with Gasteiger partial charge >= 0.3 is 5.97 Å². The first-order chi connectivity index (χ1) is 12.5. The lowest BCUT2D eigenvalue weighted by Gasteiger charge is -2.16. The largest absolute Gasteiger partial charge is 0.481 e. The molecule has 0 radical (unpaired) electrons. The van der Waals surface area contributed by atoms with Gasteiger partial charge in [-0.25, -0.2) is 4.39 Å².